The van der Waals surface area contributed by atoms with Gasteiger partial charge in [-0.15, -0.1) is 0 Å². The first kappa shape index (κ1) is 11.9. The number of carbonyl (C=O) groups is 1. The Morgan fingerprint density at radius 3 is 3.05 bits per heavy atom. The summed E-state index contributed by atoms with van der Waals surface area (Å²) in [6.07, 6.45) is 8.04. The quantitative estimate of drug-likeness (QED) is 0.895. The van der Waals surface area contributed by atoms with E-state index in [4.69, 9.17) is 0 Å². The second kappa shape index (κ2) is 5.22. The number of H-pyrrole nitrogens is 1. The second-order valence-electron chi connectivity index (χ2n) is 4.73. The predicted octanol–water partition coefficient (Wildman–Crippen LogP) is 2.17. The number of nitrogens with zero attached hydrogens (tertiary/aromatic N) is 3. The molecular weight excluding hydrogens is 240 g/mol. The van der Waals surface area contributed by atoms with Crippen LogP contribution in [0, 0.1) is 0 Å². The third-order valence-electron chi connectivity index (χ3n) is 3.52. The molecule has 5 heteroatoms. The minimum absolute atomic E-state index is 0.00727. The van der Waals surface area contributed by atoms with Crippen molar-refractivity contribution in [1.82, 2.24) is 19.9 Å². The van der Waals surface area contributed by atoms with Crippen molar-refractivity contribution in [2.24, 2.45) is 0 Å². The van der Waals surface area contributed by atoms with Crippen LogP contribution in [0.3, 0.4) is 0 Å². The van der Waals surface area contributed by atoms with Gasteiger partial charge in [-0.05, 0) is 31.4 Å². The Hall–Kier alpha value is -2.17. The van der Waals surface area contributed by atoms with E-state index < -0.39 is 0 Å². The van der Waals surface area contributed by atoms with Gasteiger partial charge >= 0.3 is 0 Å². The van der Waals surface area contributed by atoms with Crippen LogP contribution < -0.4 is 0 Å². The first-order valence-corrected chi connectivity index (χ1v) is 6.56. The van der Waals surface area contributed by atoms with Crippen molar-refractivity contribution < 1.29 is 4.79 Å². The van der Waals surface area contributed by atoms with E-state index in [1.54, 1.807) is 12.4 Å². The number of hydrogen-bond acceptors (Lipinski definition) is 3. The Morgan fingerprint density at radius 2 is 2.32 bits per heavy atom. The summed E-state index contributed by atoms with van der Waals surface area (Å²) in [5.41, 5.74) is 1.51. The number of imidazole rings is 1. The highest BCUT2D eigenvalue weighted by atomic mass is 16.2. The summed E-state index contributed by atoms with van der Waals surface area (Å²) in [7, 11) is 0. The van der Waals surface area contributed by atoms with Gasteiger partial charge in [-0.1, -0.05) is 6.07 Å². The lowest BCUT2D eigenvalue weighted by atomic mass is 9.98. The molecule has 1 N–H and O–H groups in total. The molecule has 1 aliphatic rings. The lowest BCUT2D eigenvalue weighted by Gasteiger charge is -2.35. The predicted molar refractivity (Wildman–Crippen MR) is 70.5 cm³/mol. The number of pyridine rings is 1. The molecule has 1 aliphatic heterocycles. The van der Waals surface area contributed by atoms with Gasteiger partial charge in [0, 0.05) is 12.7 Å². The van der Waals surface area contributed by atoms with Gasteiger partial charge in [0.2, 0.25) is 0 Å². The maximum atomic E-state index is 12.5. The summed E-state index contributed by atoms with van der Waals surface area (Å²) in [6.45, 7) is 0.777. The van der Waals surface area contributed by atoms with Gasteiger partial charge in [0.25, 0.3) is 5.91 Å². The van der Waals surface area contributed by atoms with Crippen molar-refractivity contribution in [3.8, 4) is 0 Å². The van der Waals surface area contributed by atoms with E-state index in [0.29, 0.717) is 5.69 Å². The van der Waals surface area contributed by atoms with Crippen LogP contribution in [0.25, 0.3) is 0 Å². The van der Waals surface area contributed by atoms with E-state index in [-0.39, 0.29) is 11.9 Å². The van der Waals surface area contributed by atoms with Crippen LogP contribution in [0.1, 0.15) is 41.5 Å². The van der Waals surface area contributed by atoms with Crippen molar-refractivity contribution in [3.05, 3.63) is 48.3 Å². The van der Waals surface area contributed by atoms with Crippen LogP contribution in [0.2, 0.25) is 0 Å². The van der Waals surface area contributed by atoms with E-state index in [1.165, 1.54) is 6.33 Å². The van der Waals surface area contributed by atoms with Crippen LogP contribution in [-0.4, -0.2) is 32.3 Å². The fraction of sp³-hybridized carbons (Fsp3) is 0.357. The molecule has 0 bridgehead atoms. The van der Waals surface area contributed by atoms with Crippen LogP contribution in [0.4, 0.5) is 0 Å². The fourth-order valence-corrected chi connectivity index (χ4v) is 2.58. The molecular formula is C14H16N4O. The van der Waals surface area contributed by atoms with Gasteiger partial charge in [0.15, 0.2) is 0 Å². The summed E-state index contributed by atoms with van der Waals surface area (Å²) < 4.78 is 0. The molecule has 3 heterocycles. The van der Waals surface area contributed by atoms with Crippen molar-refractivity contribution in [2.45, 2.75) is 25.3 Å². The van der Waals surface area contributed by atoms with Gasteiger partial charge in [-0.3, -0.25) is 9.78 Å². The number of rotatable bonds is 2. The Balaban J connectivity index is 1.87. The van der Waals surface area contributed by atoms with Crippen LogP contribution >= 0.6 is 0 Å². The minimum Gasteiger partial charge on any atom is -0.341 e. The summed E-state index contributed by atoms with van der Waals surface area (Å²) in [4.78, 5) is 25.6. The molecule has 19 heavy (non-hydrogen) atoms. The fourth-order valence-electron chi connectivity index (χ4n) is 2.58. The molecule has 0 aliphatic carbocycles. The number of aromatic amines is 1. The maximum Gasteiger partial charge on any atom is 0.272 e. The third-order valence-corrected chi connectivity index (χ3v) is 3.52. The smallest absolute Gasteiger partial charge is 0.272 e. The highest BCUT2D eigenvalue weighted by Crippen LogP contribution is 2.30. The molecule has 1 saturated heterocycles. The normalized spacial score (nSPS) is 19.4. The van der Waals surface area contributed by atoms with Crippen LogP contribution in [-0.2, 0) is 0 Å². The van der Waals surface area contributed by atoms with Crippen molar-refractivity contribution >= 4 is 5.91 Å². The third kappa shape index (κ3) is 2.36. The Kier molecular flexibility index (Phi) is 3.27. The van der Waals surface area contributed by atoms with Crippen molar-refractivity contribution in [3.63, 3.8) is 0 Å². The zero-order chi connectivity index (χ0) is 13.1. The molecule has 0 aromatic carbocycles. The second-order valence-corrected chi connectivity index (χ2v) is 4.73. The summed E-state index contributed by atoms with van der Waals surface area (Å²) in [6, 6.07) is 5.93. The molecule has 1 atom stereocenters. The highest BCUT2D eigenvalue weighted by molar-refractivity contribution is 5.92. The molecule has 2 aromatic rings. The van der Waals surface area contributed by atoms with Gasteiger partial charge in [-0.25, -0.2) is 4.98 Å². The topological polar surface area (TPSA) is 61.9 Å². The molecule has 0 unspecified atom stereocenters. The summed E-state index contributed by atoms with van der Waals surface area (Å²) in [5, 5.41) is 0. The number of piperidine rings is 1. The van der Waals surface area contributed by atoms with Gasteiger partial charge in [0.1, 0.15) is 5.69 Å². The van der Waals surface area contributed by atoms with Crippen molar-refractivity contribution in [2.75, 3.05) is 6.54 Å². The van der Waals surface area contributed by atoms with E-state index in [0.717, 1.165) is 31.5 Å². The average molecular weight is 256 g/mol. The largest absolute Gasteiger partial charge is 0.341 e. The SMILES string of the molecule is O=C(c1cnc[nH]1)N1CCCC[C@@H]1c1ccccn1. The first-order chi connectivity index (χ1) is 9.36. The van der Waals surface area contributed by atoms with Crippen LogP contribution in [0.5, 0.6) is 0 Å². The number of carbonyl (C=O) groups excluding carboxylic acids is 1. The van der Waals surface area contributed by atoms with E-state index in [1.807, 2.05) is 23.1 Å². The number of amides is 1. The molecule has 2 aromatic heterocycles. The van der Waals surface area contributed by atoms with Gasteiger partial charge in [0.05, 0.1) is 24.3 Å². The molecule has 3 rings (SSSR count). The highest BCUT2D eigenvalue weighted by Gasteiger charge is 2.29. The zero-order valence-corrected chi connectivity index (χ0v) is 10.6. The Labute approximate surface area is 111 Å². The van der Waals surface area contributed by atoms with E-state index >= 15 is 0 Å². The number of likely N-dealkylation sites (tertiary alicyclic amines) is 1. The van der Waals surface area contributed by atoms with E-state index in [2.05, 4.69) is 15.0 Å². The monoisotopic (exact) mass is 256 g/mol. The molecule has 0 saturated carbocycles. The van der Waals surface area contributed by atoms with E-state index in [9.17, 15) is 4.79 Å². The zero-order valence-electron chi connectivity index (χ0n) is 10.6. The number of nitrogens with one attached hydrogen (secondary N) is 1. The molecule has 98 valence electrons. The average Bonchev–Trinajstić information content (AvgIpc) is 3.02. The molecule has 5 nitrogen and oxygen atoms in total. The summed E-state index contributed by atoms with van der Waals surface area (Å²) >= 11 is 0. The Bertz CT molecular complexity index is 538. The maximum absolute atomic E-state index is 12.5. The standard InChI is InChI=1S/C14H16N4O/c19-14(12-9-15-10-17-12)18-8-4-2-6-13(18)11-5-1-3-7-16-11/h1,3,5,7,9-10,13H,2,4,6,8H2,(H,15,17)/t13-/m1/s1. The first-order valence-electron chi connectivity index (χ1n) is 6.56. The van der Waals surface area contributed by atoms with Gasteiger partial charge in [-0.2, -0.15) is 0 Å². The number of hydrogen-bond donors (Lipinski definition) is 1. The van der Waals surface area contributed by atoms with Crippen molar-refractivity contribution in [1.29, 1.82) is 0 Å². The Morgan fingerprint density at radius 1 is 1.37 bits per heavy atom. The molecule has 1 fully saturated rings. The number of aromatic nitrogens is 3. The lowest BCUT2D eigenvalue weighted by Crippen LogP contribution is -2.39. The van der Waals surface area contributed by atoms with Crippen LogP contribution in [0.15, 0.2) is 36.9 Å². The molecule has 1 amide bonds. The minimum atomic E-state index is 0.00727. The molecule has 0 radical (unpaired) electrons. The van der Waals surface area contributed by atoms with Gasteiger partial charge < -0.3 is 9.88 Å². The summed E-state index contributed by atoms with van der Waals surface area (Å²) in [5.74, 6) is 0.00727. The lowest BCUT2D eigenvalue weighted by molar-refractivity contribution is 0.0600. The molecule has 0 spiro atoms.